The molecule has 0 aliphatic carbocycles. The van der Waals surface area contributed by atoms with E-state index >= 15 is 0 Å². The molecule has 0 spiro atoms. The van der Waals surface area contributed by atoms with E-state index in [0.29, 0.717) is 12.5 Å². The van der Waals surface area contributed by atoms with Crippen molar-refractivity contribution in [2.45, 2.75) is 25.8 Å². The van der Waals surface area contributed by atoms with Gasteiger partial charge in [-0.15, -0.1) is 0 Å². The molecule has 0 aliphatic rings. The summed E-state index contributed by atoms with van der Waals surface area (Å²) in [5.41, 5.74) is 0. The summed E-state index contributed by atoms with van der Waals surface area (Å²) in [6.07, 6.45) is 0.872. The molecule has 2 N–H and O–H groups in total. The van der Waals surface area contributed by atoms with E-state index in [9.17, 15) is 18.4 Å². The predicted molar refractivity (Wildman–Crippen MR) is 66.3 cm³/mol. The van der Waals surface area contributed by atoms with Crippen LogP contribution < -0.4 is 10.1 Å². The highest BCUT2D eigenvalue weighted by Gasteiger charge is 2.19. The number of carbonyl (C=O) groups excluding carboxylic acids is 1. The van der Waals surface area contributed by atoms with Crippen LogP contribution >= 0.6 is 0 Å². The van der Waals surface area contributed by atoms with Crippen molar-refractivity contribution in [3.63, 3.8) is 0 Å². The van der Waals surface area contributed by atoms with E-state index in [-0.39, 0.29) is 12.2 Å². The van der Waals surface area contributed by atoms with Gasteiger partial charge >= 0.3 is 5.97 Å². The Morgan fingerprint density at radius 3 is 2.65 bits per heavy atom. The molecule has 0 bridgehead atoms. The van der Waals surface area contributed by atoms with Gasteiger partial charge in [0.2, 0.25) is 0 Å². The lowest BCUT2D eigenvalue weighted by molar-refractivity contribution is -0.142. The van der Waals surface area contributed by atoms with Gasteiger partial charge in [0.1, 0.15) is 11.9 Å². The number of aliphatic carboxylic acids is 1. The molecule has 0 saturated carbocycles. The lowest BCUT2D eigenvalue weighted by Gasteiger charge is -2.14. The molecule has 1 aromatic rings. The molecule has 0 aromatic heterocycles. The first kappa shape index (κ1) is 15.9. The Kier molecular flexibility index (Phi) is 5.89. The van der Waals surface area contributed by atoms with Crippen LogP contribution in [-0.4, -0.2) is 29.6 Å². The zero-order valence-electron chi connectivity index (χ0n) is 10.9. The fraction of sp³-hybridized carbons (Fsp3) is 0.385. The zero-order chi connectivity index (χ0) is 15.1. The van der Waals surface area contributed by atoms with Crippen molar-refractivity contribution < 1.29 is 28.2 Å². The molecule has 0 fully saturated rings. The first-order chi connectivity index (χ1) is 9.43. The number of halogens is 2. The Morgan fingerprint density at radius 2 is 2.10 bits per heavy atom. The Bertz CT molecular complexity index is 493. The van der Waals surface area contributed by atoms with Gasteiger partial charge in [-0.3, -0.25) is 4.79 Å². The van der Waals surface area contributed by atoms with Crippen LogP contribution in [0.5, 0.6) is 5.75 Å². The first-order valence-corrected chi connectivity index (χ1v) is 6.04. The van der Waals surface area contributed by atoms with E-state index in [2.05, 4.69) is 5.32 Å². The summed E-state index contributed by atoms with van der Waals surface area (Å²) in [6, 6.07) is 1.67. The molecular formula is C13H15F2NO4. The van der Waals surface area contributed by atoms with Gasteiger partial charge in [-0.1, -0.05) is 13.3 Å². The van der Waals surface area contributed by atoms with Crippen molar-refractivity contribution in [1.29, 1.82) is 0 Å². The van der Waals surface area contributed by atoms with E-state index in [1.54, 1.807) is 6.92 Å². The first-order valence-electron chi connectivity index (χ1n) is 6.04. The smallest absolute Gasteiger partial charge is 0.326 e. The highest BCUT2D eigenvalue weighted by atomic mass is 19.1. The minimum Gasteiger partial charge on any atom is -0.481 e. The normalized spacial score (nSPS) is 11.8. The highest BCUT2D eigenvalue weighted by molar-refractivity contribution is 5.84. The summed E-state index contributed by atoms with van der Waals surface area (Å²) in [5.74, 6) is -3.79. The molecular weight excluding hydrogens is 272 g/mol. The number of carboxylic acid groups (broad SMARTS) is 1. The second-order valence-electron chi connectivity index (χ2n) is 4.11. The summed E-state index contributed by atoms with van der Waals surface area (Å²) in [7, 11) is 0. The molecule has 0 radical (unpaired) electrons. The maximum Gasteiger partial charge on any atom is 0.326 e. The Labute approximate surface area is 114 Å². The standard InChI is InChI=1S/C13H15F2NO4/c1-2-3-10(13(18)19)16-12(17)7-20-11-5-4-8(14)6-9(11)15/h4-6,10H,2-3,7H2,1H3,(H,16,17)(H,18,19)/t10-/m1/s1. The van der Waals surface area contributed by atoms with Crippen LogP contribution in [-0.2, 0) is 9.59 Å². The van der Waals surface area contributed by atoms with Crippen LogP contribution in [0.15, 0.2) is 18.2 Å². The van der Waals surface area contributed by atoms with Gasteiger partial charge in [0, 0.05) is 6.07 Å². The maximum absolute atomic E-state index is 13.2. The fourth-order valence-corrected chi connectivity index (χ4v) is 1.52. The van der Waals surface area contributed by atoms with Crippen molar-refractivity contribution in [2.24, 2.45) is 0 Å². The Morgan fingerprint density at radius 1 is 1.40 bits per heavy atom. The SMILES string of the molecule is CCC[C@@H](NC(=O)COc1ccc(F)cc1F)C(=O)O. The molecule has 5 nitrogen and oxygen atoms in total. The van der Waals surface area contributed by atoms with Gasteiger partial charge in [-0.25, -0.2) is 13.6 Å². The predicted octanol–water partition coefficient (Wildman–Crippen LogP) is 1.71. The van der Waals surface area contributed by atoms with Crippen LogP contribution in [0.3, 0.4) is 0 Å². The van der Waals surface area contributed by atoms with Crippen LogP contribution in [0.2, 0.25) is 0 Å². The number of hydrogen-bond acceptors (Lipinski definition) is 3. The van der Waals surface area contributed by atoms with E-state index < -0.39 is 36.2 Å². The van der Waals surface area contributed by atoms with Crippen LogP contribution in [0.1, 0.15) is 19.8 Å². The lowest BCUT2D eigenvalue weighted by Crippen LogP contribution is -2.42. The molecule has 1 rings (SSSR count). The van der Waals surface area contributed by atoms with E-state index in [0.717, 1.165) is 12.1 Å². The molecule has 1 amide bonds. The average Bonchev–Trinajstić information content (AvgIpc) is 2.37. The van der Waals surface area contributed by atoms with Crippen molar-refractivity contribution in [3.05, 3.63) is 29.8 Å². The minimum absolute atomic E-state index is 0.274. The minimum atomic E-state index is -1.15. The second-order valence-corrected chi connectivity index (χ2v) is 4.11. The van der Waals surface area contributed by atoms with E-state index in [1.807, 2.05) is 0 Å². The fourth-order valence-electron chi connectivity index (χ4n) is 1.52. The summed E-state index contributed by atoms with van der Waals surface area (Å²) >= 11 is 0. The summed E-state index contributed by atoms with van der Waals surface area (Å²) < 4.78 is 30.7. The monoisotopic (exact) mass is 287 g/mol. The lowest BCUT2D eigenvalue weighted by atomic mass is 10.2. The Hall–Kier alpha value is -2.18. The van der Waals surface area contributed by atoms with Crippen LogP contribution in [0.4, 0.5) is 8.78 Å². The van der Waals surface area contributed by atoms with Crippen molar-refractivity contribution in [1.82, 2.24) is 5.32 Å². The van der Waals surface area contributed by atoms with Gasteiger partial charge in [0.15, 0.2) is 18.2 Å². The number of carbonyl (C=O) groups is 2. The van der Waals surface area contributed by atoms with Gasteiger partial charge in [0.25, 0.3) is 5.91 Å². The number of nitrogens with one attached hydrogen (secondary N) is 1. The number of rotatable bonds is 7. The highest BCUT2D eigenvalue weighted by Crippen LogP contribution is 2.17. The third-order valence-electron chi connectivity index (χ3n) is 2.46. The van der Waals surface area contributed by atoms with Gasteiger partial charge < -0.3 is 15.2 Å². The topological polar surface area (TPSA) is 75.6 Å². The van der Waals surface area contributed by atoms with Crippen LogP contribution in [0.25, 0.3) is 0 Å². The van der Waals surface area contributed by atoms with Crippen LogP contribution in [0, 0.1) is 11.6 Å². The molecule has 0 aliphatic heterocycles. The third-order valence-corrected chi connectivity index (χ3v) is 2.46. The maximum atomic E-state index is 13.2. The zero-order valence-corrected chi connectivity index (χ0v) is 10.9. The molecule has 1 atom stereocenters. The molecule has 1 aromatic carbocycles. The summed E-state index contributed by atoms with van der Waals surface area (Å²) in [5, 5.41) is 11.1. The van der Waals surface area contributed by atoms with Gasteiger partial charge in [-0.05, 0) is 18.6 Å². The second kappa shape index (κ2) is 7.42. The van der Waals surface area contributed by atoms with E-state index in [1.165, 1.54) is 0 Å². The van der Waals surface area contributed by atoms with Gasteiger partial charge in [-0.2, -0.15) is 0 Å². The third kappa shape index (κ3) is 4.83. The van der Waals surface area contributed by atoms with Crippen molar-refractivity contribution in [3.8, 4) is 5.75 Å². The summed E-state index contributed by atoms with van der Waals surface area (Å²) in [6.45, 7) is 1.24. The van der Waals surface area contributed by atoms with Crippen molar-refractivity contribution in [2.75, 3.05) is 6.61 Å². The number of carboxylic acids is 1. The van der Waals surface area contributed by atoms with E-state index in [4.69, 9.17) is 9.84 Å². The molecule has 0 heterocycles. The molecule has 7 heteroatoms. The quantitative estimate of drug-likeness (QED) is 0.800. The Balaban J connectivity index is 2.52. The van der Waals surface area contributed by atoms with Gasteiger partial charge in [0.05, 0.1) is 0 Å². The largest absolute Gasteiger partial charge is 0.481 e. The summed E-state index contributed by atoms with van der Waals surface area (Å²) in [4.78, 5) is 22.3. The number of ether oxygens (including phenoxy) is 1. The molecule has 0 unspecified atom stereocenters. The number of amides is 1. The van der Waals surface area contributed by atoms with Crippen molar-refractivity contribution >= 4 is 11.9 Å². The molecule has 20 heavy (non-hydrogen) atoms. The molecule has 0 saturated heterocycles. The molecule has 110 valence electrons. The average molecular weight is 287 g/mol. The number of benzene rings is 1. The number of hydrogen-bond donors (Lipinski definition) is 2.